The van der Waals surface area contributed by atoms with Gasteiger partial charge in [-0.2, -0.15) is 0 Å². The summed E-state index contributed by atoms with van der Waals surface area (Å²) in [4.78, 5) is 0. The standard InChI is InChI=1S/C11H23N/c1-3-11(2,9-12)8-10-6-4-5-7-10/h10H,3-9,12H2,1-2H3. The molecule has 1 nitrogen and oxygen atoms in total. The Labute approximate surface area is 76.7 Å². The first kappa shape index (κ1) is 10.0. The van der Waals surface area contributed by atoms with E-state index in [-0.39, 0.29) is 0 Å². The first-order chi connectivity index (χ1) is 5.70. The molecule has 1 heteroatoms. The fourth-order valence-electron chi connectivity index (χ4n) is 2.28. The van der Waals surface area contributed by atoms with E-state index in [0.717, 1.165) is 12.5 Å². The molecule has 0 aromatic carbocycles. The summed E-state index contributed by atoms with van der Waals surface area (Å²) in [5.41, 5.74) is 6.22. The molecule has 1 aliphatic rings. The topological polar surface area (TPSA) is 26.0 Å². The van der Waals surface area contributed by atoms with Crippen molar-refractivity contribution in [2.75, 3.05) is 6.54 Å². The van der Waals surface area contributed by atoms with Crippen LogP contribution in [0.1, 0.15) is 52.4 Å². The van der Waals surface area contributed by atoms with Gasteiger partial charge in [0.25, 0.3) is 0 Å². The quantitative estimate of drug-likeness (QED) is 0.688. The first-order valence-corrected chi connectivity index (χ1v) is 5.40. The van der Waals surface area contributed by atoms with Crippen molar-refractivity contribution in [3.8, 4) is 0 Å². The van der Waals surface area contributed by atoms with Gasteiger partial charge in [-0.3, -0.25) is 0 Å². The highest BCUT2D eigenvalue weighted by molar-refractivity contribution is 4.79. The number of hydrogen-bond donors (Lipinski definition) is 1. The lowest BCUT2D eigenvalue weighted by atomic mass is 9.78. The molecule has 1 unspecified atom stereocenters. The second-order valence-corrected chi connectivity index (χ2v) is 4.72. The molecule has 1 rings (SSSR count). The molecule has 0 bridgehead atoms. The molecular weight excluding hydrogens is 146 g/mol. The molecular formula is C11H23N. The molecule has 0 amide bonds. The third kappa shape index (κ3) is 2.48. The van der Waals surface area contributed by atoms with Gasteiger partial charge in [0.15, 0.2) is 0 Å². The van der Waals surface area contributed by atoms with Gasteiger partial charge in [0.2, 0.25) is 0 Å². The highest BCUT2D eigenvalue weighted by Crippen LogP contribution is 2.36. The van der Waals surface area contributed by atoms with Crippen molar-refractivity contribution < 1.29 is 0 Å². The highest BCUT2D eigenvalue weighted by Gasteiger charge is 2.26. The lowest BCUT2D eigenvalue weighted by molar-refractivity contribution is 0.240. The molecule has 1 aliphatic carbocycles. The normalized spacial score (nSPS) is 24.2. The van der Waals surface area contributed by atoms with Gasteiger partial charge in [-0.15, -0.1) is 0 Å². The van der Waals surface area contributed by atoms with Crippen molar-refractivity contribution in [1.82, 2.24) is 0 Å². The highest BCUT2D eigenvalue weighted by atomic mass is 14.6. The van der Waals surface area contributed by atoms with Crippen LogP contribution in [-0.2, 0) is 0 Å². The molecule has 0 heterocycles. The maximum Gasteiger partial charge on any atom is -0.00232 e. The Kier molecular flexibility index (Phi) is 3.57. The summed E-state index contributed by atoms with van der Waals surface area (Å²) in [5, 5.41) is 0. The SMILES string of the molecule is CCC(C)(CN)CC1CCCC1. The van der Waals surface area contributed by atoms with Crippen LogP contribution in [0, 0.1) is 11.3 Å². The molecule has 12 heavy (non-hydrogen) atoms. The molecule has 0 radical (unpaired) electrons. The lowest BCUT2D eigenvalue weighted by Crippen LogP contribution is -2.28. The van der Waals surface area contributed by atoms with Gasteiger partial charge in [0, 0.05) is 0 Å². The van der Waals surface area contributed by atoms with E-state index in [4.69, 9.17) is 5.73 Å². The van der Waals surface area contributed by atoms with Crippen LogP contribution in [0.4, 0.5) is 0 Å². The molecule has 1 saturated carbocycles. The second-order valence-electron chi connectivity index (χ2n) is 4.72. The molecule has 2 N–H and O–H groups in total. The Morgan fingerprint density at radius 1 is 1.33 bits per heavy atom. The largest absolute Gasteiger partial charge is 0.330 e. The molecule has 0 spiro atoms. The van der Waals surface area contributed by atoms with E-state index in [9.17, 15) is 0 Å². The van der Waals surface area contributed by atoms with Crippen LogP contribution in [0.3, 0.4) is 0 Å². The molecule has 72 valence electrons. The number of hydrogen-bond acceptors (Lipinski definition) is 1. The Hall–Kier alpha value is -0.0400. The Balaban J connectivity index is 2.35. The average Bonchev–Trinajstić information content (AvgIpc) is 2.57. The van der Waals surface area contributed by atoms with E-state index in [1.807, 2.05) is 0 Å². The Bertz CT molecular complexity index is 121. The van der Waals surface area contributed by atoms with Crippen LogP contribution >= 0.6 is 0 Å². The van der Waals surface area contributed by atoms with Gasteiger partial charge in [0.1, 0.15) is 0 Å². The second kappa shape index (κ2) is 4.27. The number of rotatable bonds is 4. The summed E-state index contributed by atoms with van der Waals surface area (Å²) in [6, 6.07) is 0. The third-order valence-corrected chi connectivity index (χ3v) is 3.60. The van der Waals surface area contributed by atoms with E-state index in [2.05, 4.69) is 13.8 Å². The van der Waals surface area contributed by atoms with Crippen molar-refractivity contribution in [2.24, 2.45) is 17.1 Å². The van der Waals surface area contributed by atoms with Gasteiger partial charge >= 0.3 is 0 Å². The van der Waals surface area contributed by atoms with Gasteiger partial charge in [0.05, 0.1) is 0 Å². The van der Waals surface area contributed by atoms with Gasteiger partial charge < -0.3 is 5.73 Å². The van der Waals surface area contributed by atoms with Crippen molar-refractivity contribution in [2.45, 2.75) is 52.4 Å². The van der Waals surface area contributed by atoms with Crippen LogP contribution in [0.5, 0.6) is 0 Å². The van der Waals surface area contributed by atoms with Crippen LogP contribution < -0.4 is 5.73 Å². The van der Waals surface area contributed by atoms with E-state index in [0.29, 0.717) is 5.41 Å². The summed E-state index contributed by atoms with van der Waals surface area (Å²) in [6.45, 7) is 5.47. The number of nitrogens with two attached hydrogens (primary N) is 1. The van der Waals surface area contributed by atoms with E-state index in [1.54, 1.807) is 0 Å². The smallest absolute Gasteiger partial charge is 0.00232 e. The Morgan fingerprint density at radius 2 is 1.92 bits per heavy atom. The molecule has 0 aromatic rings. The van der Waals surface area contributed by atoms with E-state index < -0.39 is 0 Å². The molecule has 1 fully saturated rings. The van der Waals surface area contributed by atoms with E-state index in [1.165, 1.54) is 38.5 Å². The van der Waals surface area contributed by atoms with Crippen LogP contribution in [0.25, 0.3) is 0 Å². The molecule has 0 saturated heterocycles. The zero-order valence-corrected chi connectivity index (χ0v) is 8.60. The van der Waals surface area contributed by atoms with Crippen molar-refractivity contribution in [1.29, 1.82) is 0 Å². The minimum absolute atomic E-state index is 0.426. The molecule has 0 aromatic heterocycles. The van der Waals surface area contributed by atoms with E-state index >= 15 is 0 Å². The predicted molar refractivity (Wildman–Crippen MR) is 54.0 cm³/mol. The molecule has 1 atom stereocenters. The summed E-state index contributed by atoms with van der Waals surface area (Å²) in [5.74, 6) is 0.985. The summed E-state index contributed by atoms with van der Waals surface area (Å²) < 4.78 is 0. The molecule has 0 aliphatic heterocycles. The Morgan fingerprint density at radius 3 is 2.33 bits per heavy atom. The van der Waals surface area contributed by atoms with Crippen molar-refractivity contribution in [3.63, 3.8) is 0 Å². The average molecular weight is 169 g/mol. The summed E-state index contributed by atoms with van der Waals surface area (Å²) in [7, 11) is 0. The maximum atomic E-state index is 5.80. The summed E-state index contributed by atoms with van der Waals surface area (Å²) in [6.07, 6.45) is 8.41. The zero-order chi connectivity index (χ0) is 9.03. The minimum atomic E-state index is 0.426. The monoisotopic (exact) mass is 169 g/mol. The fraction of sp³-hybridized carbons (Fsp3) is 1.00. The fourth-order valence-corrected chi connectivity index (χ4v) is 2.28. The van der Waals surface area contributed by atoms with Gasteiger partial charge in [-0.05, 0) is 30.7 Å². The van der Waals surface area contributed by atoms with Crippen LogP contribution in [0.2, 0.25) is 0 Å². The predicted octanol–water partition coefficient (Wildman–Crippen LogP) is 2.94. The minimum Gasteiger partial charge on any atom is -0.330 e. The zero-order valence-electron chi connectivity index (χ0n) is 8.60. The van der Waals surface area contributed by atoms with Crippen LogP contribution in [-0.4, -0.2) is 6.54 Å². The van der Waals surface area contributed by atoms with Crippen molar-refractivity contribution in [3.05, 3.63) is 0 Å². The van der Waals surface area contributed by atoms with Gasteiger partial charge in [-0.25, -0.2) is 0 Å². The first-order valence-electron chi connectivity index (χ1n) is 5.40. The lowest BCUT2D eigenvalue weighted by Gasteiger charge is -2.29. The summed E-state index contributed by atoms with van der Waals surface area (Å²) >= 11 is 0. The van der Waals surface area contributed by atoms with Crippen LogP contribution in [0.15, 0.2) is 0 Å². The van der Waals surface area contributed by atoms with Gasteiger partial charge in [-0.1, -0.05) is 39.5 Å². The third-order valence-electron chi connectivity index (χ3n) is 3.60. The van der Waals surface area contributed by atoms with Crippen molar-refractivity contribution >= 4 is 0 Å². The maximum absolute atomic E-state index is 5.80.